The van der Waals surface area contributed by atoms with Crippen LogP contribution in [0, 0.1) is 0 Å². The predicted molar refractivity (Wildman–Crippen MR) is 69.0 cm³/mol. The first kappa shape index (κ1) is 12.9. The van der Waals surface area contributed by atoms with Crippen molar-refractivity contribution < 1.29 is 19.1 Å². The smallest absolute Gasteiger partial charge is 0.321 e. The molecule has 0 aliphatic carbocycles. The van der Waals surface area contributed by atoms with Crippen LogP contribution in [0.3, 0.4) is 0 Å². The molecule has 1 unspecified atom stereocenters. The van der Waals surface area contributed by atoms with Gasteiger partial charge in [-0.05, 0) is 12.1 Å². The molecule has 1 aliphatic rings. The summed E-state index contributed by atoms with van der Waals surface area (Å²) in [7, 11) is 1.31. The molecule has 0 aromatic heterocycles. The summed E-state index contributed by atoms with van der Waals surface area (Å²) in [6.45, 7) is 0.198. The minimum atomic E-state index is -0.558. The molecular weight excluding hydrogens is 302 g/mol. The van der Waals surface area contributed by atoms with Crippen molar-refractivity contribution in [3.8, 4) is 5.75 Å². The number of hydrogen-bond donors (Lipinski definition) is 0. The van der Waals surface area contributed by atoms with Gasteiger partial charge in [0, 0.05) is 6.54 Å². The molecule has 0 bridgehead atoms. The van der Waals surface area contributed by atoms with Crippen LogP contribution < -0.4 is 9.64 Å². The van der Waals surface area contributed by atoms with Gasteiger partial charge in [-0.25, -0.2) is 0 Å². The maximum atomic E-state index is 11.8. The number of amides is 1. The Morgan fingerprint density at radius 2 is 2.28 bits per heavy atom. The summed E-state index contributed by atoms with van der Waals surface area (Å²) in [4.78, 5) is 24.2. The maximum Gasteiger partial charge on any atom is 0.321 e. The number of anilines is 1. The van der Waals surface area contributed by atoms with E-state index in [4.69, 9.17) is 4.74 Å². The summed E-state index contributed by atoms with van der Waals surface area (Å²) in [6.07, 6.45) is 0. The Labute approximate surface area is 113 Å². The molecule has 1 heterocycles. The number of ether oxygens (including phenoxy) is 2. The van der Waals surface area contributed by atoms with E-state index in [1.165, 1.54) is 12.0 Å². The van der Waals surface area contributed by atoms with Gasteiger partial charge < -0.3 is 14.4 Å². The number of methoxy groups -OCH3 is 1. The molecule has 1 aromatic rings. The lowest BCUT2D eigenvalue weighted by Gasteiger charge is -2.30. The number of rotatable bonds is 3. The zero-order valence-corrected chi connectivity index (χ0v) is 11.3. The van der Waals surface area contributed by atoms with Gasteiger partial charge in [0.15, 0.2) is 6.61 Å². The number of carbonyl (C=O) groups excluding carboxylic acids is 2. The molecule has 0 fully saturated rings. The summed E-state index contributed by atoms with van der Waals surface area (Å²) < 4.78 is 9.93. The third-order valence-corrected chi connectivity index (χ3v) is 3.27. The zero-order chi connectivity index (χ0) is 13.1. The van der Waals surface area contributed by atoms with E-state index in [9.17, 15) is 9.59 Å². The van der Waals surface area contributed by atoms with Crippen molar-refractivity contribution >= 4 is 33.5 Å². The Morgan fingerprint density at radius 1 is 1.56 bits per heavy atom. The van der Waals surface area contributed by atoms with E-state index in [0.717, 1.165) is 0 Å². The number of carbonyl (C=O) groups is 2. The zero-order valence-electron chi connectivity index (χ0n) is 9.76. The lowest BCUT2D eigenvalue weighted by atomic mass is 10.2. The predicted octanol–water partition coefficient (Wildman–Crippen LogP) is 1.35. The fourth-order valence-corrected chi connectivity index (χ4v) is 2.19. The number of benzene rings is 1. The Balaban J connectivity index is 2.22. The summed E-state index contributed by atoms with van der Waals surface area (Å²) >= 11 is 3.21. The van der Waals surface area contributed by atoms with Gasteiger partial charge in [-0.3, -0.25) is 9.59 Å². The van der Waals surface area contributed by atoms with Crippen molar-refractivity contribution in [1.82, 2.24) is 0 Å². The minimum Gasteiger partial charge on any atom is -0.482 e. The molecule has 2 rings (SSSR count). The minimum absolute atomic E-state index is 0.0160. The average molecular weight is 314 g/mol. The molecule has 0 saturated carbocycles. The van der Waals surface area contributed by atoms with E-state index in [1.807, 2.05) is 12.1 Å². The first-order valence-electron chi connectivity index (χ1n) is 5.37. The second-order valence-corrected chi connectivity index (χ2v) is 4.86. The second-order valence-electron chi connectivity index (χ2n) is 3.75. The number of para-hydroxylation sites is 2. The van der Waals surface area contributed by atoms with Crippen molar-refractivity contribution in [3.05, 3.63) is 24.3 Å². The van der Waals surface area contributed by atoms with E-state index >= 15 is 0 Å². The van der Waals surface area contributed by atoms with Crippen LogP contribution in [0.15, 0.2) is 24.3 Å². The van der Waals surface area contributed by atoms with Gasteiger partial charge in [-0.2, -0.15) is 0 Å². The topological polar surface area (TPSA) is 55.8 Å². The summed E-state index contributed by atoms with van der Waals surface area (Å²) in [5.41, 5.74) is 0.669. The van der Waals surface area contributed by atoms with Gasteiger partial charge in [0.2, 0.25) is 0 Å². The highest BCUT2D eigenvalue weighted by atomic mass is 79.9. The molecule has 5 nitrogen and oxygen atoms in total. The van der Waals surface area contributed by atoms with Crippen LogP contribution in [-0.4, -0.2) is 37.0 Å². The van der Waals surface area contributed by atoms with Crippen molar-refractivity contribution in [2.24, 2.45) is 0 Å². The van der Waals surface area contributed by atoms with Crippen molar-refractivity contribution in [3.63, 3.8) is 0 Å². The van der Waals surface area contributed by atoms with Crippen LogP contribution in [0.4, 0.5) is 5.69 Å². The second kappa shape index (κ2) is 5.39. The van der Waals surface area contributed by atoms with Crippen LogP contribution in [0.25, 0.3) is 0 Å². The molecule has 1 aliphatic heterocycles. The van der Waals surface area contributed by atoms with E-state index < -0.39 is 10.8 Å². The highest BCUT2D eigenvalue weighted by molar-refractivity contribution is 9.10. The molecule has 18 heavy (non-hydrogen) atoms. The third kappa shape index (κ3) is 2.48. The van der Waals surface area contributed by atoms with Gasteiger partial charge in [0.25, 0.3) is 5.91 Å². The largest absolute Gasteiger partial charge is 0.482 e. The maximum absolute atomic E-state index is 11.8. The average Bonchev–Trinajstić information content (AvgIpc) is 2.41. The van der Waals surface area contributed by atoms with Gasteiger partial charge >= 0.3 is 5.97 Å². The fraction of sp³-hybridized carbons (Fsp3) is 0.333. The van der Waals surface area contributed by atoms with Crippen LogP contribution >= 0.6 is 15.9 Å². The van der Waals surface area contributed by atoms with Gasteiger partial charge in [0.05, 0.1) is 12.8 Å². The van der Waals surface area contributed by atoms with E-state index in [2.05, 4.69) is 20.7 Å². The molecule has 0 radical (unpaired) electrons. The van der Waals surface area contributed by atoms with Crippen molar-refractivity contribution in [2.45, 2.75) is 4.83 Å². The number of halogens is 1. The van der Waals surface area contributed by atoms with E-state index in [0.29, 0.717) is 11.4 Å². The molecule has 1 atom stereocenters. The summed E-state index contributed by atoms with van der Waals surface area (Å²) in [5.74, 6) is 0.0514. The molecule has 0 spiro atoms. The lowest BCUT2D eigenvalue weighted by Crippen LogP contribution is -2.43. The van der Waals surface area contributed by atoms with E-state index in [-0.39, 0.29) is 19.1 Å². The molecule has 96 valence electrons. The number of alkyl halides is 1. The number of nitrogens with zero attached hydrogens (tertiary/aromatic N) is 1. The molecule has 0 N–H and O–H groups in total. The Bertz CT molecular complexity index is 477. The monoisotopic (exact) mass is 313 g/mol. The van der Waals surface area contributed by atoms with Crippen molar-refractivity contribution in [2.75, 3.05) is 25.2 Å². The number of esters is 1. The summed E-state index contributed by atoms with van der Waals surface area (Å²) in [5, 5.41) is 0. The fourth-order valence-electron chi connectivity index (χ4n) is 1.72. The van der Waals surface area contributed by atoms with Crippen LogP contribution in [0.1, 0.15) is 0 Å². The number of hydrogen-bond acceptors (Lipinski definition) is 4. The van der Waals surface area contributed by atoms with Crippen LogP contribution in [0.2, 0.25) is 0 Å². The first-order valence-corrected chi connectivity index (χ1v) is 6.29. The van der Waals surface area contributed by atoms with Gasteiger partial charge in [0.1, 0.15) is 10.6 Å². The molecule has 1 amide bonds. The van der Waals surface area contributed by atoms with Gasteiger partial charge in [-0.15, -0.1) is 0 Å². The Kier molecular flexibility index (Phi) is 3.86. The molecular formula is C12H12BrNO4. The van der Waals surface area contributed by atoms with Crippen LogP contribution in [0.5, 0.6) is 5.75 Å². The molecule has 0 saturated heterocycles. The normalized spacial score (nSPS) is 15.7. The first-order chi connectivity index (χ1) is 8.63. The quantitative estimate of drug-likeness (QED) is 0.624. The Morgan fingerprint density at radius 3 is 3.00 bits per heavy atom. The Hall–Kier alpha value is -1.56. The number of fused-ring (bicyclic) bond motifs is 1. The standard InChI is InChI=1S/C12H12BrNO4/c1-17-12(16)8(13)6-14-9-4-2-3-5-10(9)18-7-11(14)15/h2-5,8H,6-7H2,1H3. The third-order valence-electron chi connectivity index (χ3n) is 2.61. The van der Waals surface area contributed by atoms with E-state index in [1.54, 1.807) is 12.1 Å². The van der Waals surface area contributed by atoms with Crippen molar-refractivity contribution in [1.29, 1.82) is 0 Å². The summed E-state index contributed by atoms with van der Waals surface area (Å²) in [6, 6.07) is 7.22. The molecule has 6 heteroatoms. The molecule has 1 aromatic carbocycles. The van der Waals surface area contributed by atoms with Gasteiger partial charge in [-0.1, -0.05) is 28.1 Å². The SMILES string of the molecule is COC(=O)C(Br)CN1C(=O)COc2ccccc21. The highest BCUT2D eigenvalue weighted by Crippen LogP contribution is 2.31. The van der Waals surface area contributed by atoms with Crippen LogP contribution in [-0.2, 0) is 14.3 Å². The highest BCUT2D eigenvalue weighted by Gasteiger charge is 2.29. The lowest BCUT2D eigenvalue weighted by molar-refractivity contribution is -0.139.